The van der Waals surface area contributed by atoms with E-state index in [0.717, 1.165) is 22.4 Å². The molecule has 0 aliphatic heterocycles. The Kier molecular flexibility index (Phi) is 5.94. The Morgan fingerprint density at radius 2 is 1.48 bits per heavy atom. The first-order valence-electron chi connectivity index (χ1n) is 8.89. The molecule has 27 heavy (non-hydrogen) atoms. The average Bonchev–Trinajstić information content (AvgIpc) is 2.69. The van der Waals surface area contributed by atoms with Crippen LogP contribution in [-0.2, 0) is 10.0 Å². The van der Waals surface area contributed by atoms with Crippen molar-refractivity contribution in [2.24, 2.45) is 0 Å². The Bertz CT molecular complexity index is 987. The Morgan fingerprint density at radius 1 is 0.852 bits per heavy atom. The molecule has 5 heteroatoms. The maximum atomic E-state index is 12.6. The molecule has 140 valence electrons. The van der Waals surface area contributed by atoms with Crippen molar-refractivity contribution in [2.45, 2.75) is 24.8 Å². The highest BCUT2D eigenvalue weighted by atomic mass is 32.2. The van der Waals surface area contributed by atoms with E-state index in [1.807, 2.05) is 44.2 Å². The van der Waals surface area contributed by atoms with E-state index in [4.69, 9.17) is 0 Å². The van der Waals surface area contributed by atoms with Crippen LogP contribution < -0.4 is 10.0 Å². The first kappa shape index (κ1) is 19.1. The number of rotatable bonds is 7. The lowest BCUT2D eigenvalue weighted by atomic mass is 10.0. The summed E-state index contributed by atoms with van der Waals surface area (Å²) < 4.78 is 27.9. The van der Waals surface area contributed by atoms with E-state index in [9.17, 15) is 8.42 Å². The third-order valence-electron chi connectivity index (χ3n) is 4.46. The van der Waals surface area contributed by atoms with Crippen molar-refractivity contribution in [3.8, 4) is 0 Å². The second-order valence-electron chi connectivity index (χ2n) is 6.59. The van der Waals surface area contributed by atoms with E-state index in [1.54, 1.807) is 30.3 Å². The monoisotopic (exact) mass is 380 g/mol. The first-order chi connectivity index (χ1) is 13.0. The number of hydrogen-bond donors (Lipinski definition) is 2. The second-order valence-corrected chi connectivity index (χ2v) is 8.36. The number of nitrogens with one attached hydrogen (secondary N) is 2. The fraction of sp³-hybridized carbons (Fsp3) is 0.182. The van der Waals surface area contributed by atoms with Gasteiger partial charge in [-0.3, -0.25) is 0 Å². The number of anilines is 1. The quantitative estimate of drug-likeness (QED) is 0.637. The van der Waals surface area contributed by atoms with Gasteiger partial charge in [-0.1, -0.05) is 60.7 Å². The van der Waals surface area contributed by atoms with Crippen LogP contribution in [-0.4, -0.2) is 15.0 Å². The summed E-state index contributed by atoms with van der Waals surface area (Å²) in [7, 11) is -3.56. The molecule has 0 aliphatic rings. The summed E-state index contributed by atoms with van der Waals surface area (Å²) in [5, 5.41) is 3.50. The topological polar surface area (TPSA) is 58.2 Å². The van der Waals surface area contributed by atoms with E-state index < -0.39 is 10.0 Å². The summed E-state index contributed by atoms with van der Waals surface area (Å²) in [4.78, 5) is 0.267. The van der Waals surface area contributed by atoms with Crippen LogP contribution in [0.5, 0.6) is 0 Å². The van der Waals surface area contributed by atoms with Crippen LogP contribution in [0.3, 0.4) is 0 Å². The maximum Gasteiger partial charge on any atom is 0.240 e. The Labute approximate surface area is 161 Å². The van der Waals surface area contributed by atoms with Crippen molar-refractivity contribution in [3.05, 3.63) is 95.6 Å². The molecule has 1 unspecified atom stereocenters. The highest BCUT2D eigenvalue weighted by Gasteiger charge is 2.18. The highest BCUT2D eigenvalue weighted by molar-refractivity contribution is 7.89. The number of sulfonamides is 1. The first-order valence-corrected chi connectivity index (χ1v) is 10.4. The summed E-state index contributed by atoms with van der Waals surface area (Å²) in [6.45, 7) is 4.33. The molecule has 0 aliphatic carbocycles. The molecular weight excluding hydrogens is 356 g/mol. The predicted octanol–water partition coefficient (Wildman–Crippen LogP) is 4.44. The predicted molar refractivity (Wildman–Crippen MR) is 110 cm³/mol. The minimum atomic E-state index is -3.56. The molecule has 0 aromatic heterocycles. The van der Waals surface area contributed by atoms with Gasteiger partial charge in [-0.2, -0.15) is 0 Å². The molecular formula is C22H24N2O2S. The van der Waals surface area contributed by atoms with E-state index in [0.29, 0.717) is 0 Å². The van der Waals surface area contributed by atoms with Crippen LogP contribution in [0.2, 0.25) is 0 Å². The smallest absolute Gasteiger partial charge is 0.240 e. The fourth-order valence-electron chi connectivity index (χ4n) is 2.89. The van der Waals surface area contributed by atoms with Crippen molar-refractivity contribution in [1.82, 2.24) is 4.72 Å². The minimum Gasteiger partial charge on any atom is -0.377 e. The second kappa shape index (κ2) is 8.37. The lowest BCUT2D eigenvalue weighted by Gasteiger charge is -2.22. The van der Waals surface area contributed by atoms with E-state index in [2.05, 4.69) is 28.2 Å². The van der Waals surface area contributed by atoms with Crippen LogP contribution in [0.15, 0.2) is 83.8 Å². The molecule has 0 fully saturated rings. The lowest BCUT2D eigenvalue weighted by molar-refractivity contribution is 0.576. The zero-order chi connectivity index (χ0) is 19.3. The molecule has 0 radical (unpaired) electrons. The highest BCUT2D eigenvalue weighted by Crippen LogP contribution is 2.23. The molecule has 3 aromatic rings. The Hall–Kier alpha value is -2.63. The fourth-order valence-corrected chi connectivity index (χ4v) is 3.96. The summed E-state index contributed by atoms with van der Waals surface area (Å²) in [6, 6.07) is 24.3. The van der Waals surface area contributed by atoms with Crippen LogP contribution in [0, 0.1) is 13.8 Å². The molecule has 0 saturated heterocycles. The minimum absolute atomic E-state index is 0.190. The third-order valence-corrected chi connectivity index (χ3v) is 5.90. The molecule has 3 aromatic carbocycles. The normalized spacial score (nSPS) is 12.5. The van der Waals surface area contributed by atoms with Crippen molar-refractivity contribution in [3.63, 3.8) is 0 Å². The van der Waals surface area contributed by atoms with Gasteiger partial charge in [-0.15, -0.1) is 0 Å². The van der Waals surface area contributed by atoms with Gasteiger partial charge in [0.25, 0.3) is 0 Å². The molecule has 0 saturated carbocycles. The van der Waals surface area contributed by atoms with Gasteiger partial charge in [0.1, 0.15) is 0 Å². The molecule has 1 atom stereocenters. The van der Waals surface area contributed by atoms with Gasteiger partial charge < -0.3 is 5.32 Å². The summed E-state index contributed by atoms with van der Waals surface area (Å²) in [5.74, 6) is 0. The van der Waals surface area contributed by atoms with Crippen LogP contribution in [0.25, 0.3) is 0 Å². The molecule has 0 heterocycles. The average molecular weight is 381 g/mol. The van der Waals surface area contributed by atoms with Crippen molar-refractivity contribution < 1.29 is 8.42 Å². The molecule has 3 rings (SSSR count). The summed E-state index contributed by atoms with van der Waals surface area (Å²) in [5.41, 5.74) is 4.30. The van der Waals surface area contributed by atoms with Gasteiger partial charge in [-0.05, 0) is 48.7 Å². The Balaban J connectivity index is 1.84. The zero-order valence-electron chi connectivity index (χ0n) is 15.5. The van der Waals surface area contributed by atoms with Crippen LogP contribution in [0.1, 0.15) is 22.7 Å². The van der Waals surface area contributed by atoms with E-state index in [-0.39, 0.29) is 17.5 Å². The number of benzene rings is 3. The van der Waals surface area contributed by atoms with Gasteiger partial charge in [-0.25, -0.2) is 13.1 Å². The summed E-state index contributed by atoms with van der Waals surface area (Å²) >= 11 is 0. The van der Waals surface area contributed by atoms with Gasteiger partial charge in [0.2, 0.25) is 10.0 Å². The van der Waals surface area contributed by atoms with Gasteiger partial charge in [0.15, 0.2) is 0 Å². The standard InChI is InChI=1S/C22H24N2O2S/c1-17-13-14-18(2)21(15-17)24-22(19-9-5-3-6-10-19)16-23-27(25,26)20-11-7-4-8-12-20/h3-15,22-24H,16H2,1-2H3. The van der Waals surface area contributed by atoms with Gasteiger partial charge in [0, 0.05) is 12.2 Å². The SMILES string of the molecule is Cc1ccc(C)c(NC(CNS(=O)(=O)c2ccccc2)c2ccccc2)c1. The molecule has 0 amide bonds. The molecule has 2 N–H and O–H groups in total. The molecule has 0 spiro atoms. The van der Waals surface area contributed by atoms with Crippen molar-refractivity contribution in [1.29, 1.82) is 0 Å². The van der Waals surface area contributed by atoms with Crippen LogP contribution in [0.4, 0.5) is 5.69 Å². The van der Waals surface area contributed by atoms with E-state index in [1.165, 1.54) is 0 Å². The zero-order valence-corrected chi connectivity index (χ0v) is 16.3. The van der Waals surface area contributed by atoms with Crippen LogP contribution >= 0.6 is 0 Å². The lowest BCUT2D eigenvalue weighted by Crippen LogP contribution is -2.31. The molecule has 0 bridgehead atoms. The number of hydrogen-bond acceptors (Lipinski definition) is 3. The third kappa shape index (κ3) is 4.96. The van der Waals surface area contributed by atoms with Crippen molar-refractivity contribution in [2.75, 3.05) is 11.9 Å². The van der Waals surface area contributed by atoms with Crippen molar-refractivity contribution >= 4 is 15.7 Å². The number of aryl methyl sites for hydroxylation is 2. The summed E-state index contributed by atoms with van der Waals surface area (Å²) in [6.07, 6.45) is 0. The van der Waals surface area contributed by atoms with Gasteiger partial charge >= 0.3 is 0 Å². The maximum absolute atomic E-state index is 12.6. The Morgan fingerprint density at radius 3 is 2.15 bits per heavy atom. The largest absolute Gasteiger partial charge is 0.377 e. The van der Waals surface area contributed by atoms with Gasteiger partial charge in [0.05, 0.1) is 10.9 Å². The molecule has 4 nitrogen and oxygen atoms in total. The van der Waals surface area contributed by atoms with E-state index >= 15 is 0 Å².